The summed E-state index contributed by atoms with van der Waals surface area (Å²) >= 11 is 0. The van der Waals surface area contributed by atoms with E-state index >= 15 is 0 Å². The van der Waals surface area contributed by atoms with Gasteiger partial charge in [-0.3, -0.25) is 0 Å². The summed E-state index contributed by atoms with van der Waals surface area (Å²) in [4.78, 5) is 0. The Bertz CT molecular complexity index is 158. The number of rotatable bonds is 4. The van der Waals surface area contributed by atoms with Crippen LogP contribution in [0.4, 0.5) is 0 Å². The van der Waals surface area contributed by atoms with Crippen LogP contribution < -0.4 is 0 Å². The van der Waals surface area contributed by atoms with Crippen molar-refractivity contribution in [1.82, 2.24) is 5.16 Å². The molecule has 0 bridgehead atoms. The van der Waals surface area contributed by atoms with Crippen LogP contribution in [0.3, 0.4) is 0 Å². The Hall–Kier alpha value is -0.790. The van der Waals surface area contributed by atoms with Gasteiger partial charge in [0.2, 0.25) is 0 Å². The molecule has 0 unspecified atom stereocenters. The molecule has 0 saturated carbocycles. The molecule has 0 aliphatic rings. The molecule has 0 saturated heterocycles. The third-order valence-corrected chi connectivity index (χ3v) is 1.47. The quantitative estimate of drug-likeness (QED) is 0.596. The number of unbranched alkanes of at least 4 members (excludes halogenated alkanes) is 2. The minimum Gasteiger partial charge on any atom is -0.361 e. The molecule has 0 amide bonds. The lowest BCUT2D eigenvalue weighted by Gasteiger charge is -1.91. The van der Waals surface area contributed by atoms with Crippen LogP contribution >= 0.6 is 0 Å². The maximum absolute atomic E-state index is 4.87. The van der Waals surface area contributed by atoms with Crippen molar-refractivity contribution < 1.29 is 4.52 Å². The van der Waals surface area contributed by atoms with Crippen LogP contribution in [0.5, 0.6) is 0 Å². The minimum absolute atomic E-state index is 0.952. The van der Waals surface area contributed by atoms with Gasteiger partial charge in [-0.2, -0.15) is 0 Å². The Labute approximate surface area is 61.2 Å². The highest BCUT2D eigenvalue weighted by atomic mass is 16.5. The van der Waals surface area contributed by atoms with Crippen molar-refractivity contribution in [2.45, 2.75) is 32.6 Å². The molecule has 1 radical (unpaired) electrons. The van der Waals surface area contributed by atoms with Gasteiger partial charge in [0.15, 0.2) is 0 Å². The zero-order chi connectivity index (χ0) is 7.23. The monoisotopic (exact) mass is 138 g/mol. The Kier molecular flexibility index (Phi) is 3.00. The van der Waals surface area contributed by atoms with Gasteiger partial charge >= 0.3 is 0 Å². The fourth-order valence-electron chi connectivity index (χ4n) is 0.877. The highest BCUT2D eigenvalue weighted by Crippen LogP contribution is 2.03. The zero-order valence-corrected chi connectivity index (χ0v) is 6.26. The van der Waals surface area contributed by atoms with Crippen LogP contribution in [0.2, 0.25) is 0 Å². The number of hydrogen-bond donors (Lipinski definition) is 0. The second-order valence-electron chi connectivity index (χ2n) is 2.38. The van der Waals surface area contributed by atoms with Crippen molar-refractivity contribution in [3.05, 3.63) is 18.0 Å². The molecule has 0 N–H and O–H groups in total. The van der Waals surface area contributed by atoms with E-state index < -0.39 is 0 Å². The fraction of sp³-hybridized carbons (Fsp3) is 0.625. The van der Waals surface area contributed by atoms with Crippen LogP contribution in [-0.2, 0) is 6.42 Å². The second-order valence-corrected chi connectivity index (χ2v) is 2.38. The van der Waals surface area contributed by atoms with Crippen LogP contribution in [0.25, 0.3) is 0 Å². The first-order valence-corrected chi connectivity index (χ1v) is 3.75. The van der Waals surface area contributed by atoms with Crippen molar-refractivity contribution in [2.75, 3.05) is 0 Å². The van der Waals surface area contributed by atoms with Gasteiger partial charge in [-0.15, -0.1) is 0 Å². The van der Waals surface area contributed by atoms with Gasteiger partial charge in [-0.05, 0) is 6.42 Å². The van der Waals surface area contributed by atoms with Gasteiger partial charge in [0.25, 0.3) is 0 Å². The molecule has 1 heterocycles. The standard InChI is InChI=1S/C8H12NO/c1-2-3-4-5-8-6-7-9-10-8/h6H,2-5H2,1H3. The van der Waals surface area contributed by atoms with Crippen molar-refractivity contribution in [2.24, 2.45) is 0 Å². The van der Waals surface area contributed by atoms with Crippen molar-refractivity contribution in [3.8, 4) is 0 Å². The lowest BCUT2D eigenvalue weighted by Crippen LogP contribution is -1.80. The first-order valence-electron chi connectivity index (χ1n) is 3.75. The minimum atomic E-state index is 0.952. The normalized spacial score (nSPS) is 10.1. The SMILES string of the molecule is CCCCCc1c[c]no1. The summed E-state index contributed by atoms with van der Waals surface area (Å²) in [6, 6.07) is 1.80. The second kappa shape index (κ2) is 4.09. The molecule has 55 valence electrons. The average molecular weight is 138 g/mol. The lowest BCUT2D eigenvalue weighted by atomic mass is 10.2. The third kappa shape index (κ3) is 2.21. The predicted octanol–water partition coefficient (Wildman–Crippen LogP) is 2.21. The molecule has 0 fully saturated rings. The molecule has 0 aromatic carbocycles. The largest absolute Gasteiger partial charge is 0.361 e. The van der Waals surface area contributed by atoms with E-state index in [1.165, 1.54) is 19.3 Å². The van der Waals surface area contributed by atoms with Gasteiger partial charge in [-0.25, -0.2) is 0 Å². The van der Waals surface area contributed by atoms with Gasteiger partial charge < -0.3 is 4.52 Å². The maximum atomic E-state index is 4.87. The first kappa shape index (κ1) is 7.32. The van der Waals surface area contributed by atoms with E-state index in [-0.39, 0.29) is 0 Å². The molecular formula is C8H12NO. The number of aromatic nitrogens is 1. The van der Waals surface area contributed by atoms with Crippen LogP contribution in [0.1, 0.15) is 31.9 Å². The molecule has 1 rings (SSSR count). The summed E-state index contributed by atoms with van der Waals surface area (Å²) in [5, 5.41) is 3.50. The smallest absolute Gasteiger partial charge is 0.137 e. The molecule has 2 nitrogen and oxygen atoms in total. The Morgan fingerprint density at radius 3 is 3.10 bits per heavy atom. The van der Waals surface area contributed by atoms with E-state index in [1.807, 2.05) is 0 Å². The summed E-state index contributed by atoms with van der Waals surface area (Å²) in [6.07, 6.45) is 7.35. The molecule has 2 heteroatoms. The fourth-order valence-corrected chi connectivity index (χ4v) is 0.877. The third-order valence-electron chi connectivity index (χ3n) is 1.47. The van der Waals surface area contributed by atoms with E-state index in [2.05, 4.69) is 18.3 Å². The molecule has 0 spiro atoms. The van der Waals surface area contributed by atoms with Crippen LogP contribution in [0, 0.1) is 6.20 Å². The summed E-state index contributed by atoms with van der Waals surface area (Å²) in [5.74, 6) is 0.952. The van der Waals surface area contributed by atoms with Gasteiger partial charge in [0.1, 0.15) is 12.0 Å². The summed E-state index contributed by atoms with van der Waals surface area (Å²) < 4.78 is 4.87. The van der Waals surface area contributed by atoms with Crippen molar-refractivity contribution in [1.29, 1.82) is 0 Å². The van der Waals surface area contributed by atoms with Gasteiger partial charge in [-0.1, -0.05) is 24.9 Å². The van der Waals surface area contributed by atoms with E-state index in [0.29, 0.717) is 0 Å². The number of nitrogens with zero attached hydrogens (tertiary/aromatic N) is 1. The molecule has 0 atom stereocenters. The predicted molar refractivity (Wildman–Crippen MR) is 38.6 cm³/mol. The van der Waals surface area contributed by atoms with Crippen LogP contribution in [0.15, 0.2) is 10.6 Å². The van der Waals surface area contributed by atoms with Crippen LogP contribution in [-0.4, -0.2) is 5.16 Å². The van der Waals surface area contributed by atoms with Gasteiger partial charge in [0, 0.05) is 12.5 Å². The highest BCUT2D eigenvalue weighted by Gasteiger charge is 1.94. The summed E-state index contributed by atoms with van der Waals surface area (Å²) in [6.45, 7) is 2.19. The summed E-state index contributed by atoms with van der Waals surface area (Å²) in [5.41, 5.74) is 0. The molecule has 0 aliphatic carbocycles. The van der Waals surface area contributed by atoms with Gasteiger partial charge in [0.05, 0.1) is 0 Å². The number of aryl methyl sites for hydroxylation is 1. The maximum Gasteiger partial charge on any atom is 0.137 e. The first-order chi connectivity index (χ1) is 4.93. The Morgan fingerprint density at radius 1 is 1.60 bits per heavy atom. The summed E-state index contributed by atoms with van der Waals surface area (Å²) in [7, 11) is 0. The molecule has 0 aliphatic heterocycles. The van der Waals surface area contributed by atoms with Crippen molar-refractivity contribution in [3.63, 3.8) is 0 Å². The zero-order valence-electron chi connectivity index (χ0n) is 6.26. The van der Waals surface area contributed by atoms with E-state index in [0.717, 1.165) is 12.2 Å². The Morgan fingerprint density at radius 2 is 2.50 bits per heavy atom. The van der Waals surface area contributed by atoms with Crippen molar-refractivity contribution >= 4 is 0 Å². The van der Waals surface area contributed by atoms with E-state index in [4.69, 9.17) is 4.52 Å². The molecule has 10 heavy (non-hydrogen) atoms. The topological polar surface area (TPSA) is 26.0 Å². The van der Waals surface area contributed by atoms with E-state index in [9.17, 15) is 0 Å². The van der Waals surface area contributed by atoms with E-state index in [1.54, 1.807) is 6.07 Å². The molecule has 1 aromatic rings. The number of hydrogen-bond acceptors (Lipinski definition) is 2. The Balaban J connectivity index is 2.15. The lowest BCUT2D eigenvalue weighted by molar-refractivity contribution is 0.378. The molecule has 1 aromatic heterocycles. The molecular weight excluding hydrogens is 126 g/mol. The highest BCUT2D eigenvalue weighted by molar-refractivity contribution is 4.91. The average Bonchev–Trinajstić information content (AvgIpc) is 2.41.